The number of esters is 1. The van der Waals surface area contributed by atoms with E-state index in [1.807, 2.05) is 38.1 Å². The highest BCUT2D eigenvalue weighted by Crippen LogP contribution is 2.38. The zero-order valence-corrected chi connectivity index (χ0v) is 20.4. The molecule has 9 heteroatoms. The van der Waals surface area contributed by atoms with Crippen molar-refractivity contribution in [3.05, 3.63) is 63.0 Å². The van der Waals surface area contributed by atoms with Gasteiger partial charge < -0.3 is 15.4 Å². The Bertz CT molecular complexity index is 945. The van der Waals surface area contributed by atoms with E-state index in [2.05, 4.69) is 15.2 Å². The molecule has 0 saturated carbocycles. The second-order valence-electron chi connectivity index (χ2n) is 8.63. The van der Waals surface area contributed by atoms with Crippen LogP contribution in [0, 0.1) is 4.91 Å². The molecule has 1 fully saturated rings. The molecule has 0 radical (unpaired) electrons. The molecule has 172 valence electrons. The SMILES string of the molecule is CC(C)(C[C@]1(COC(=O)Cc2ccccc2Nc2c(Cl)cccc2Cl)CCCN1)SN=O. The first-order valence-corrected chi connectivity index (χ1v) is 12.0. The van der Waals surface area contributed by atoms with Crippen molar-refractivity contribution in [2.24, 2.45) is 4.58 Å². The smallest absolute Gasteiger partial charge is 0.310 e. The van der Waals surface area contributed by atoms with Crippen LogP contribution in [0.5, 0.6) is 0 Å². The van der Waals surface area contributed by atoms with Crippen molar-refractivity contribution in [2.75, 3.05) is 18.5 Å². The zero-order chi connectivity index (χ0) is 23.2. The van der Waals surface area contributed by atoms with Crippen LogP contribution in [0.4, 0.5) is 11.4 Å². The van der Waals surface area contributed by atoms with Crippen molar-refractivity contribution in [3.63, 3.8) is 0 Å². The Labute approximate surface area is 202 Å². The summed E-state index contributed by atoms with van der Waals surface area (Å²) < 4.78 is 8.35. The fourth-order valence-electron chi connectivity index (χ4n) is 4.12. The van der Waals surface area contributed by atoms with Crippen LogP contribution in [0.15, 0.2) is 47.0 Å². The van der Waals surface area contributed by atoms with Crippen molar-refractivity contribution in [1.29, 1.82) is 0 Å². The van der Waals surface area contributed by atoms with Gasteiger partial charge in [0.2, 0.25) is 0 Å². The maximum absolute atomic E-state index is 12.7. The third-order valence-electron chi connectivity index (χ3n) is 5.46. The molecule has 6 nitrogen and oxygen atoms in total. The lowest BCUT2D eigenvalue weighted by Crippen LogP contribution is -2.48. The van der Waals surface area contributed by atoms with Gasteiger partial charge in [-0.2, -0.15) is 0 Å². The Morgan fingerprint density at radius 1 is 1.22 bits per heavy atom. The fraction of sp³-hybridized carbons (Fsp3) is 0.435. The lowest BCUT2D eigenvalue weighted by atomic mass is 9.87. The Balaban J connectivity index is 1.67. The van der Waals surface area contributed by atoms with Crippen LogP contribution in [-0.2, 0) is 16.0 Å². The van der Waals surface area contributed by atoms with Gasteiger partial charge in [0.1, 0.15) is 6.61 Å². The van der Waals surface area contributed by atoms with Gasteiger partial charge in [-0.3, -0.25) is 4.79 Å². The summed E-state index contributed by atoms with van der Waals surface area (Å²) in [5.41, 5.74) is 1.76. The number of hydrogen-bond acceptors (Lipinski definition) is 7. The fourth-order valence-corrected chi connectivity index (χ4v) is 5.15. The number of anilines is 2. The molecule has 0 bridgehead atoms. The van der Waals surface area contributed by atoms with Gasteiger partial charge in [0.15, 0.2) is 0 Å². The second-order valence-corrected chi connectivity index (χ2v) is 10.9. The quantitative estimate of drug-likeness (QED) is 0.221. The van der Waals surface area contributed by atoms with Gasteiger partial charge in [-0.05, 0) is 63.4 Å². The average Bonchev–Trinajstić information content (AvgIpc) is 3.18. The lowest BCUT2D eigenvalue weighted by Gasteiger charge is -2.35. The Morgan fingerprint density at radius 2 is 1.94 bits per heavy atom. The molecule has 0 spiro atoms. The number of rotatable bonds is 10. The van der Waals surface area contributed by atoms with Gasteiger partial charge in [0, 0.05) is 27.0 Å². The van der Waals surface area contributed by atoms with E-state index in [1.165, 1.54) is 0 Å². The van der Waals surface area contributed by atoms with E-state index < -0.39 is 0 Å². The molecule has 1 heterocycles. The number of halogens is 2. The van der Waals surface area contributed by atoms with Crippen LogP contribution in [0.3, 0.4) is 0 Å². The van der Waals surface area contributed by atoms with Gasteiger partial charge in [-0.25, -0.2) is 0 Å². The van der Waals surface area contributed by atoms with E-state index in [4.69, 9.17) is 27.9 Å². The molecule has 1 saturated heterocycles. The summed E-state index contributed by atoms with van der Waals surface area (Å²) in [5, 5.41) is 7.71. The van der Waals surface area contributed by atoms with E-state index >= 15 is 0 Å². The number of carbonyl (C=O) groups is 1. The van der Waals surface area contributed by atoms with Crippen molar-refractivity contribution in [2.45, 2.75) is 49.8 Å². The average molecular weight is 496 g/mol. The number of benzene rings is 2. The summed E-state index contributed by atoms with van der Waals surface area (Å²) in [6.45, 7) is 5.06. The molecule has 0 aliphatic carbocycles. The summed E-state index contributed by atoms with van der Waals surface area (Å²) in [6, 6.07) is 12.8. The number of nitroso groups, excluding NO2 is 1. The molecule has 1 atom stereocenters. The molecular formula is C23H27Cl2N3O3S. The Kier molecular flexibility index (Phi) is 8.44. The monoisotopic (exact) mass is 495 g/mol. The van der Waals surface area contributed by atoms with Crippen LogP contribution >= 0.6 is 35.1 Å². The van der Waals surface area contributed by atoms with Crippen molar-refractivity contribution in [1.82, 2.24) is 5.32 Å². The maximum Gasteiger partial charge on any atom is 0.310 e. The van der Waals surface area contributed by atoms with E-state index in [9.17, 15) is 9.70 Å². The minimum absolute atomic E-state index is 0.107. The largest absolute Gasteiger partial charge is 0.463 e. The molecule has 2 N–H and O–H groups in total. The first-order chi connectivity index (χ1) is 15.2. The zero-order valence-electron chi connectivity index (χ0n) is 18.1. The number of para-hydroxylation sites is 2. The summed E-state index contributed by atoms with van der Waals surface area (Å²) in [7, 11) is 0. The normalized spacial score (nSPS) is 18.4. The van der Waals surface area contributed by atoms with Crippen molar-refractivity contribution < 1.29 is 9.53 Å². The van der Waals surface area contributed by atoms with E-state index in [0.717, 1.165) is 42.6 Å². The molecule has 0 amide bonds. The van der Waals surface area contributed by atoms with Gasteiger partial charge in [-0.15, -0.1) is 4.91 Å². The third-order valence-corrected chi connectivity index (χ3v) is 6.81. The van der Waals surface area contributed by atoms with Crippen LogP contribution < -0.4 is 10.6 Å². The molecule has 32 heavy (non-hydrogen) atoms. The van der Waals surface area contributed by atoms with Crippen LogP contribution in [0.2, 0.25) is 10.0 Å². The highest BCUT2D eigenvalue weighted by molar-refractivity contribution is 7.99. The highest BCUT2D eigenvalue weighted by atomic mass is 35.5. The molecule has 2 aromatic rings. The van der Waals surface area contributed by atoms with Gasteiger partial charge in [-0.1, -0.05) is 47.5 Å². The molecule has 0 unspecified atom stereocenters. The number of nitrogens with one attached hydrogen (secondary N) is 2. The van der Waals surface area contributed by atoms with Gasteiger partial charge in [0.25, 0.3) is 0 Å². The second kappa shape index (κ2) is 10.9. The summed E-state index contributed by atoms with van der Waals surface area (Å²) in [4.78, 5) is 23.5. The van der Waals surface area contributed by atoms with Gasteiger partial charge in [0.05, 0.1) is 27.7 Å². The van der Waals surface area contributed by atoms with Crippen molar-refractivity contribution >= 4 is 52.5 Å². The van der Waals surface area contributed by atoms with Crippen LogP contribution in [0.1, 0.15) is 38.7 Å². The lowest BCUT2D eigenvalue weighted by molar-refractivity contribution is -0.145. The topological polar surface area (TPSA) is 79.8 Å². The van der Waals surface area contributed by atoms with Crippen molar-refractivity contribution in [3.8, 4) is 0 Å². The predicted octanol–water partition coefficient (Wildman–Crippen LogP) is 6.53. The third kappa shape index (κ3) is 6.61. The van der Waals surface area contributed by atoms with Gasteiger partial charge >= 0.3 is 5.97 Å². The molecule has 3 rings (SSSR count). The summed E-state index contributed by atoms with van der Waals surface area (Å²) in [5.74, 6) is -0.323. The van der Waals surface area contributed by atoms with E-state index in [0.29, 0.717) is 22.2 Å². The first-order valence-electron chi connectivity index (χ1n) is 10.4. The summed E-state index contributed by atoms with van der Waals surface area (Å²) in [6.07, 6.45) is 2.66. The predicted molar refractivity (Wildman–Crippen MR) is 133 cm³/mol. The first kappa shape index (κ1) is 24.8. The number of nitrogens with zero attached hydrogens (tertiary/aromatic N) is 1. The van der Waals surface area contributed by atoms with Crippen LogP contribution in [0.25, 0.3) is 0 Å². The van der Waals surface area contributed by atoms with E-state index in [-0.39, 0.29) is 29.3 Å². The minimum Gasteiger partial charge on any atom is -0.463 e. The van der Waals surface area contributed by atoms with Crippen LogP contribution in [-0.4, -0.2) is 29.4 Å². The molecule has 1 aliphatic rings. The molecule has 2 aromatic carbocycles. The number of ether oxygens (including phenoxy) is 1. The number of hydrogen-bond donors (Lipinski definition) is 2. The number of carbonyl (C=O) groups excluding carboxylic acids is 1. The highest BCUT2D eigenvalue weighted by Gasteiger charge is 2.40. The molecular weight excluding hydrogens is 469 g/mol. The molecule has 0 aromatic heterocycles. The maximum atomic E-state index is 12.7. The Hall–Kier alpha value is -1.80. The summed E-state index contributed by atoms with van der Waals surface area (Å²) >= 11 is 13.6. The Morgan fingerprint density at radius 3 is 2.59 bits per heavy atom. The molecule has 1 aliphatic heterocycles. The minimum atomic E-state index is -0.351. The van der Waals surface area contributed by atoms with E-state index in [1.54, 1.807) is 18.2 Å². The standard InChI is InChI=1S/C23H27Cl2N3O3S/c1-22(2,32-28-30)14-23(11-6-12-26-23)15-31-20(29)13-16-7-3-4-10-19(16)27-21-17(24)8-5-9-18(21)25/h3-5,7-10,26-27H,6,11-15H2,1-2H3/t23-/m0/s1.